The maximum absolute atomic E-state index is 8.86. The molecule has 3 heteroatoms. The Morgan fingerprint density at radius 3 is 3.05 bits per heavy atom. The van der Waals surface area contributed by atoms with E-state index >= 15 is 0 Å². The van der Waals surface area contributed by atoms with Crippen LogP contribution in [0.15, 0.2) is 24.3 Å². The van der Waals surface area contributed by atoms with E-state index in [4.69, 9.17) is 15.7 Å². The Bertz CT molecular complexity index is 462. The van der Waals surface area contributed by atoms with Crippen molar-refractivity contribution in [3.8, 4) is 6.07 Å². The molecule has 1 aliphatic rings. The first-order chi connectivity index (χ1) is 9.12. The standard InChI is InChI=1S/C16H22N2O/c1-16(18,12-17)10-5-11-19-15-9-4-7-13-6-2-3-8-14(13)15/h2-3,6,8,15H,4-5,7,9-11,18H2,1H3. The fraction of sp³-hybridized carbons (Fsp3) is 0.562. The molecule has 1 aliphatic carbocycles. The molecular formula is C16H22N2O. The van der Waals surface area contributed by atoms with Gasteiger partial charge in [-0.1, -0.05) is 24.3 Å². The zero-order valence-electron chi connectivity index (χ0n) is 11.6. The second-order valence-corrected chi connectivity index (χ2v) is 5.58. The Morgan fingerprint density at radius 2 is 2.26 bits per heavy atom. The van der Waals surface area contributed by atoms with E-state index in [-0.39, 0.29) is 6.10 Å². The smallest absolute Gasteiger partial charge is 0.101 e. The predicted octanol–water partition coefficient (Wildman–Crippen LogP) is 3.10. The third kappa shape index (κ3) is 3.79. The zero-order chi connectivity index (χ0) is 13.7. The zero-order valence-corrected chi connectivity index (χ0v) is 11.6. The first-order valence-corrected chi connectivity index (χ1v) is 7.02. The van der Waals surface area contributed by atoms with E-state index in [0.717, 1.165) is 19.3 Å². The molecule has 0 spiro atoms. The monoisotopic (exact) mass is 258 g/mol. The van der Waals surface area contributed by atoms with Crippen molar-refractivity contribution in [2.75, 3.05) is 6.61 Å². The van der Waals surface area contributed by atoms with Gasteiger partial charge in [0.25, 0.3) is 0 Å². The SMILES string of the molecule is CC(N)(C#N)CCCOC1CCCc2ccccc21. The van der Waals surface area contributed by atoms with Crippen LogP contribution in [-0.2, 0) is 11.2 Å². The van der Waals surface area contributed by atoms with Gasteiger partial charge in [0, 0.05) is 6.61 Å². The van der Waals surface area contributed by atoms with Crippen molar-refractivity contribution in [3.63, 3.8) is 0 Å². The topological polar surface area (TPSA) is 59.0 Å². The highest BCUT2D eigenvalue weighted by molar-refractivity contribution is 5.31. The average molecular weight is 258 g/mol. The van der Waals surface area contributed by atoms with Gasteiger partial charge in [0.1, 0.15) is 5.54 Å². The molecule has 2 atom stereocenters. The number of ether oxygens (including phenoxy) is 1. The van der Waals surface area contributed by atoms with Gasteiger partial charge >= 0.3 is 0 Å². The van der Waals surface area contributed by atoms with Crippen LogP contribution in [0.2, 0.25) is 0 Å². The summed E-state index contributed by atoms with van der Waals surface area (Å²) in [7, 11) is 0. The number of benzene rings is 1. The van der Waals surface area contributed by atoms with E-state index in [2.05, 4.69) is 30.3 Å². The summed E-state index contributed by atoms with van der Waals surface area (Å²) in [6.45, 7) is 2.44. The van der Waals surface area contributed by atoms with Gasteiger partial charge in [-0.05, 0) is 50.2 Å². The molecular weight excluding hydrogens is 236 g/mol. The van der Waals surface area contributed by atoms with Gasteiger partial charge in [-0.3, -0.25) is 0 Å². The molecule has 0 saturated carbocycles. The van der Waals surface area contributed by atoms with E-state index in [1.807, 2.05) is 0 Å². The summed E-state index contributed by atoms with van der Waals surface area (Å²) in [6.07, 6.45) is 5.17. The number of fused-ring (bicyclic) bond motifs is 1. The lowest BCUT2D eigenvalue weighted by Crippen LogP contribution is -2.34. The van der Waals surface area contributed by atoms with Gasteiger partial charge in [-0.15, -0.1) is 0 Å². The van der Waals surface area contributed by atoms with Crippen LogP contribution in [0.5, 0.6) is 0 Å². The minimum Gasteiger partial charge on any atom is -0.374 e. The number of nitrogens with two attached hydrogens (primary N) is 1. The summed E-state index contributed by atoms with van der Waals surface area (Å²) < 4.78 is 5.98. The van der Waals surface area contributed by atoms with Crippen molar-refractivity contribution in [3.05, 3.63) is 35.4 Å². The van der Waals surface area contributed by atoms with Gasteiger partial charge in [0.15, 0.2) is 0 Å². The quantitative estimate of drug-likeness (QED) is 0.826. The predicted molar refractivity (Wildman–Crippen MR) is 75.5 cm³/mol. The van der Waals surface area contributed by atoms with Crippen LogP contribution in [0.1, 0.15) is 49.8 Å². The summed E-state index contributed by atoms with van der Waals surface area (Å²) in [6, 6.07) is 10.6. The first-order valence-electron chi connectivity index (χ1n) is 7.02. The van der Waals surface area contributed by atoms with Crippen LogP contribution >= 0.6 is 0 Å². The van der Waals surface area contributed by atoms with Crippen LogP contribution < -0.4 is 5.73 Å². The van der Waals surface area contributed by atoms with Gasteiger partial charge in [0.2, 0.25) is 0 Å². The minimum atomic E-state index is -0.728. The Morgan fingerprint density at radius 1 is 1.47 bits per heavy atom. The first kappa shape index (κ1) is 14.0. The third-order valence-corrected chi connectivity index (χ3v) is 3.73. The molecule has 0 saturated heterocycles. The summed E-state index contributed by atoms with van der Waals surface area (Å²) in [5, 5.41) is 8.86. The molecule has 0 amide bonds. The third-order valence-electron chi connectivity index (χ3n) is 3.73. The van der Waals surface area contributed by atoms with Crippen LogP contribution in [0.3, 0.4) is 0 Å². The number of hydrogen-bond donors (Lipinski definition) is 1. The molecule has 0 heterocycles. The van der Waals surface area contributed by atoms with Crippen molar-refractivity contribution in [2.45, 2.75) is 50.7 Å². The van der Waals surface area contributed by atoms with Crippen molar-refractivity contribution in [1.82, 2.24) is 0 Å². The van der Waals surface area contributed by atoms with Crippen LogP contribution in [0, 0.1) is 11.3 Å². The highest BCUT2D eigenvalue weighted by Gasteiger charge is 2.21. The minimum absolute atomic E-state index is 0.219. The number of hydrogen-bond acceptors (Lipinski definition) is 3. The molecule has 0 aliphatic heterocycles. The molecule has 19 heavy (non-hydrogen) atoms. The number of rotatable bonds is 5. The maximum atomic E-state index is 8.86. The van der Waals surface area contributed by atoms with Crippen LogP contribution in [-0.4, -0.2) is 12.1 Å². The molecule has 2 N–H and O–H groups in total. The second kappa shape index (κ2) is 6.18. The Balaban J connectivity index is 1.84. The van der Waals surface area contributed by atoms with Crippen molar-refractivity contribution in [1.29, 1.82) is 5.26 Å². The highest BCUT2D eigenvalue weighted by Crippen LogP contribution is 2.32. The molecule has 0 fully saturated rings. The highest BCUT2D eigenvalue weighted by atomic mass is 16.5. The molecule has 102 valence electrons. The lowest BCUT2D eigenvalue weighted by molar-refractivity contribution is 0.0371. The number of nitrogens with zero attached hydrogens (tertiary/aromatic N) is 1. The molecule has 2 unspecified atom stereocenters. The Hall–Kier alpha value is -1.37. The van der Waals surface area contributed by atoms with E-state index < -0.39 is 5.54 Å². The number of aryl methyl sites for hydroxylation is 1. The maximum Gasteiger partial charge on any atom is 0.101 e. The summed E-state index contributed by atoms with van der Waals surface area (Å²) >= 11 is 0. The van der Waals surface area contributed by atoms with E-state index in [9.17, 15) is 0 Å². The molecule has 2 rings (SSSR count). The molecule has 1 aromatic carbocycles. The molecule has 0 aromatic heterocycles. The fourth-order valence-corrected chi connectivity index (χ4v) is 2.60. The summed E-state index contributed by atoms with van der Waals surface area (Å²) in [5.74, 6) is 0. The molecule has 0 bridgehead atoms. The molecule has 0 radical (unpaired) electrons. The molecule has 1 aromatic rings. The second-order valence-electron chi connectivity index (χ2n) is 5.58. The summed E-state index contributed by atoms with van der Waals surface area (Å²) in [5.41, 5.74) is 7.82. The lowest BCUT2D eigenvalue weighted by Gasteiger charge is -2.26. The van der Waals surface area contributed by atoms with Crippen molar-refractivity contribution < 1.29 is 4.74 Å². The van der Waals surface area contributed by atoms with Crippen LogP contribution in [0.4, 0.5) is 0 Å². The average Bonchev–Trinajstić information content (AvgIpc) is 2.44. The van der Waals surface area contributed by atoms with Crippen LogP contribution in [0.25, 0.3) is 0 Å². The number of nitriles is 1. The van der Waals surface area contributed by atoms with Crippen molar-refractivity contribution in [2.24, 2.45) is 5.73 Å². The normalized spacial score (nSPS) is 21.2. The Kier molecular flexibility index (Phi) is 4.57. The van der Waals surface area contributed by atoms with E-state index in [0.29, 0.717) is 13.0 Å². The van der Waals surface area contributed by atoms with E-state index in [1.165, 1.54) is 17.5 Å². The van der Waals surface area contributed by atoms with Gasteiger partial charge in [-0.25, -0.2) is 0 Å². The van der Waals surface area contributed by atoms with Gasteiger partial charge < -0.3 is 10.5 Å². The largest absolute Gasteiger partial charge is 0.374 e. The molecule has 3 nitrogen and oxygen atoms in total. The van der Waals surface area contributed by atoms with Gasteiger partial charge in [0.05, 0.1) is 12.2 Å². The lowest BCUT2D eigenvalue weighted by atomic mass is 9.89. The fourth-order valence-electron chi connectivity index (χ4n) is 2.60. The summed E-state index contributed by atoms with van der Waals surface area (Å²) in [4.78, 5) is 0. The van der Waals surface area contributed by atoms with Crippen molar-refractivity contribution >= 4 is 0 Å². The van der Waals surface area contributed by atoms with E-state index in [1.54, 1.807) is 6.92 Å². The van der Waals surface area contributed by atoms with Gasteiger partial charge in [-0.2, -0.15) is 5.26 Å². The Labute approximate surface area is 115 Å².